The molecule has 0 N–H and O–H groups in total. The molecule has 0 atom stereocenters. The molecule has 1 heterocycles. The lowest BCUT2D eigenvalue weighted by Gasteiger charge is -1.98. The van der Waals surface area contributed by atoms with Gasteiger partial charge < -0.3 is 4.57 Å². The molecule has 0 saturated carbocycles. The van der Waals surface area contributed by atoms with E-state index in [9.17, 15) is 0 Å². The Morgan fingerprint density at radius 1 is 1.50 bits per heavy atom. The summed E-state index contributed by atoms with van der Waals surface area (Å²) in [6.07, 6.45) is 3.13. The fourth-order valence-electron chi connectivity index (χ4n) is 1.15. The molecule has 2 nitrogen and oxygen atoms in total. The van der Waals surface area contributed by atoms with Gasteiger partial charge in [0.15, 0.2) is 0 Å². The Hall–Kier alpha value is -0.790. The zero-order valence-corrected chi connectivity index (χ0v) is 6.89. The monoisotopic (exact) mass is 138 g/mol. The van der Waals surface area contributed by atoms with Crippen LogP contribution in [0, 0.1) is 6.92 Å². The predicted octanol–water partition coefficient (Wildman–Crippen LogP) is 1.77. The minimum absolute atomic E-state index is 1.03. The molecule has 0 spiro atoms. The molecule has 0 aromatic carbocycles. The molecule has 0 amide bonds. The number of nitrogens with zero attached hydrogens (tertiary/aromatic N) is 2. The lowest BCUT2D eigenvalue weighted by atomic mass is 10.4. The largest absolute Gasteiger partial charge is 0.335 e. The van der Waals surface area contributed by atoms with E-state index in [1.807, 2.05) is 6.92 Å². The van der Waals surface area contributed by atoms with Crippen LogP contribution in [-0.2, 0) is 13.0 Å². The van der Waals surface area contributed by atoms with Crippen molar-refractivity contribution in [2.45, 2.75) is 33.7 Å². The molecular weight excluding hydrogens is 124 g/mol. The molecule has 0 aliphatic carbocycles. The van der Waals surface area contributed by atoms with Gasteiger partial charge in [0.05, 0.1) is 5.69 Å². The van der Waals surface area contributed by atoms with E-state index >= 15 is 0 Å². The van der Waals surface area contributed by atoms with Gasteiger partial charge in [0.2, 0.25) is 0 Å². The topological polar surface area (TPSA) is 17.8 Å². The number of hydrogen-bond donors (Lipinski definition) is 0. The van der Waals surface area contributed by atoms with Gasteiger partial charge in [0.25, 0.3) is 0 Å². The van der Waals surface area contributed by atoms with Gasteiger partial charge in [-0.05, 0) is 13.8 Å². The van der Waals surface area contributed by atoms with Crippen LogP contribution in [0.4, 0.5) is 0 Å². The van der Waals surface area contributed by atoms with E-state index in [0.29, 0.717) is 0 Å². The fourth-order valence-corrected chi connectivity index (χ4v) is 1.15. The molecule has 0 radical (unpaired) electrons. The lowest BCUT2D eigenvalue weighted by molar-refractivity contribution is 0.705. The van der Waals surface area contributed by atoms with Crippen molar-refractivity contribution in [2.75, 3.05) is 0 Å². The molecule has 0 aliphatic rings. The van der Waals surface area contributed by atoms with Crippen LogP contribution in [0.5, 0.6) is 0 Å². The Labute approximate surface area is 61.9 Å². The molecule has 0 bridgehead atoms. The maximum atomic E-state index is 4.36. The van der Waals surface area contributed by atoms with Crippen molar-refractivity contribution in [1.82, 2.24) is 9.55 Å². The Bertz CT molecular complexity index is 192. The molecule has 56 valence electrons. The van der Waals surface area contributed by atoms with Crippen molar-refractivity contribution >= 4 is 0 Å². The first-order valence-electron chi connectivity index (χ1n) is 3.80. The maximum absolute atomic E-state index is 4.36. The van der Waals surface area contributed by atoms with Crippen LogP contribution in [0.2, 0.25) is 0 Å². The van der Waals surface area contributed by atoms with E-state index in [0.717, 1.165) is 18.7 Å². The van der Waals surface area contributed by atoms with Crippen LogP contribution < -0.4 is 0 Å². The highest BCUT2D eigenvalue weighted by molar-refractivity contribution is 5.01. The summed E-state index contributed by atoms with van der Waals surface area (Å²) < 4.78 is 2.19. The summed E-state index contributed by atoms with van der Waals surface area (Å²) in [7, 11) is 0. The average Bonchev–Trinajstić information content (AvgIpc) is 2.30. The zero-order chi connectivity index (χ0) is 7.56. The van der Waals surface area contributed by atoms with Crippen molar-refractivity contribution < 1.29 is 0 Å². The number of imidazole rings is 1. The van der Waals surface area contributed by atoms with Gasteiger partial charge in [-0.25, -0.2) is 4.98 Å². The second-order valence-corrected chi connectivity index (χ2v) is 2.44. The second kappa shape index (κ2) is 2.86. The number of aromatic nitrogens is 2. The van der Waals surface area contributed by atoms with Crippen LogP contribution in [0.3, 0.4) is 0 Å². The van der Waals surface area contributed by atoms with Gasteiger partial charge in [0.1, 0.15) is 5.82 Å². The fraction of sp³-hybridized carbons (Fsp3) is 0.625. The van der Waals surface area contributed by atoms with E-state index in [-0.39, 0.29) is 0 Å². The molecule has 0 fully saturated rings. The molecule has 1 aromatic heterocycles. The van der Waals surface area contributed by atoms with E-state index in [4.69, 9.17) is 0 Å². The molecule has 0 saturated heterocycles. The molecule has 10 heavy (non-hydrogen) atoms. The Balaban J connectivity index is 2.96. The number of hydrogen-bond acceptors (Lipinski definition) is 1. The van der Waals surface area contributed by atoms with Gasteiger partial charge in [-0.3, -0.25) is 0 Å². The van der Waals surface area contributed by atoms with E-state index in [1.54, 1.807) is 0 Å². The minimum atomic E-state index is 1.03. The van der Waals surface area contributed by atoms with Crippen molar-refractivity contribution in [3.63, 3.8) is 0 Å². The number of aryl methyl sites for hydroxylation is 3. The summed E-state index contributed by atoms with van der Waals surface area (Å²) in [6.45, 7) is 7.34. The van der Waals surface area contributed by atoms with Crippen LogP contribution in [0.15, 0.2) is 6.20 Å². The maximum Gasteiger partial charge on any atom is 0.108 e. The zero-order valence-electron chi connectivity index (χ0n) is 6.89. The highest BCUT2D eigenvalue weighted by Crippen LogP contribution is 2.01. The first kappa shape index (κ1) is 7.32. The summed E-state index contributed by atoms with van der Waals surface area (Å²) in [5.74, 6) is 1.19. The normalized spacial score (nSPS) is 10.3. The molecule has 1 rings (SSSR count). The van der Waals surface area contributed by atoms with E-state index < -0.39 is 0 Å². The second-order valence-electron chi connectivity index (χ2n) is 2.44. The van der Waals surface area contributed by atoms with Gasteiger partial charge in [-0.2, -0.15) is 0 Å². The SMILES string of the molecule is CCc1nc(C)cn1CC. The lowest BCUT2D eigenvalue weighted by Crippen LogP contribution is -1.98. The summed E-state index contributed by atoms with van der Waals surface area (Å²) in [5.41, 5.74) is 1.12. The van der Waals surface area contributed by atoms with E-state index in [1.165, 1.54) is 5.82 Å². The van der Waals surface area contributed by atoms with Gasteiger partial charge in [-0.15, -0.1) is 0 Å². The first-order valence-corrected chi connectivity index (χ1v) is 3.80. The van der Waals surface area contributed by atoms with Crippen molar-refractivity contribution in [3.05, 3.63) is 17.7 Å². The molecule has 0 unspecified atom stereocenters. The molecule has 1 aromatic rings. The Morgan fingerprint density at radius 2 is 2.20 bits per heavy atom. The van der Waals surface area contributed by atoms with Crippen LogP contribution >= 0.6 is 0 Å². The highest BCUT2D eigenvalue weighted by Gasteiger charge is 1.99. The Kier molecular flexibility index (Phi) is 2.10. The highest BCUT2D eigenvalue weighted by atomic mass is 15.1. The molecular formula is C8H14N2. The van der Waals surface area contributed by atoms with Gasteiger partial charge in [-0.1, -0.05) is 6.92 Å². The van der Waals surface area contributed by atoms with Gasteiger partial charge in [0, 0.05) is 19.2 Å². The third-order valence-electron chi connectivity index (χ3n) is 1.64. The van der Waals surface area contributed by atoms with Crippen molar-refractivity contribution in [3.8, 4) is 0 Å². The van der Waals surface area contributed by atoms with Crippen molar-refractivity contribution in [1.29, 1.82) is 0 Å². The summed E-state index contributed by atoms with van der Waals surface area (Å²) >= 11 is 0. The minimum Gasteiger partial charge on any atom is -0.335 e. The summed E-state index contributed by atoms with van der Waals surface area (Å²) in [6, 6.07) is 0. The average molecular weight is 138 g/mol. The summed E-state index contributed by atoms with van der Waals surface area (Å²) in [4.78, 5) is 4.36. The van der Waals surface area contributed by atoms with Crippen molar-refractivity contribution in [2.24, 2.45) is 0 Å². The molecule has 0 aliphatic heterocycles. The number of rotatable bonds is 2. The smallest absolute Gasteiger partial charge is 0.108 e. The van der Waals surface area contributed by atoms with Crippen LogP contribution in [0.1, 0.15) is 25.4 Å². The standard InChI is InChI=1S/C8H14N2/c1-4-8-9-7(3)6-10(8)5-2/h6H,4-5H2,1-3H3. The third-order valence-corrected chi connectivity index (χ3v) is 1.64. The summed E-state index contributed by atoms with van der Waals surface area (Å²) in [5, 5.41) is 0. The van der Waals surface area contributed by atoms with Gasteiger partial charge >= 0.3 is 0 Å². The first-order chi connectivity index (χ1) is 4.77. The molecule has 2 heteroatoms. The van der Waals surface area contributed by atoms with Crippen LogP contribution in [0.25, 0.3) is 0 Å². The quantitative estimate of drug-likeness (QED) is 0.609. The predicted molar refractivity (Wildman–Crippen MR) is 42.0 cm³/mol. The third kappa shape index (κ3) is 1.20. The van der Waals surface area contributed by atoms with E-state index in [2.05, 4.69) is 29.6 Å². The van der Waals surface area contributed by atoms with Crippen LogP contribution in [-0.4, -0.2) is 9.55 Å². The Morgan fingerprint density at radius 3 is 2.60 bits per heavy atom.